The third kappa shape index (κ3) is 4.90. The molecular formula is C15H24N2OS. The number of aliphatic hydroxyl groups is 1. The van der Waals surface area contributed by atoms with Crippen LogP contribution >= 0.6 is 12.2 Å². The van der Waals surface area contributed by atoms with Gasteiger partial charge in [0, 0.05) is 24.7 Å². The van der Waals surface area contributed by atoms with Crippen LogP contribution in [-0.4, -0.2) is 34.2 Å². The zero-order chi connectivity index (χ0) is 14.3. The molecule has 4 heteroatoms. The Bertz CT molecular complexity index is 405. The van der Waals surface area contributed by atoms with Crippen molar-refractivity contribution in [2.24, 2.45) is 5.73 Å². The van der Waals surface area contributed by atoms with Gasteiger partial charge in [-0.25, -0.2) is 0 Å². The summed E-state index contributed by atoms with van der Waals surface area (Å²) in [6, 6.07) is 8.53. The zero-order valence-electron chi connectivity index (χ0n) is 11.8. The van der Waals surface area contributed by atoms with Gasteiger partial charge in [0.25, 0.3) is 0 Å². The number of hydrogen-bond acceptors (Lipinski definition) is 3. The van der Waals surface area contributed by atoms with Crippen LogP contribution < -0.4 is 5.73 Å². The number of aliphatic hydroxyl groups excluding tert-OH is 1. The maximum atomic E-state index is 9.21. The van der Waals surface area contributed by atoms with E-state index in [1.165, 1.54) is 5.56 Å². The highest BCUT2D eigenvalue weighted by molar-refractivity contribution is 7.80. The largest absolute Gasteiger partial charge is 0.395 e. The summed E-state index contributed by atoms with van der Waals surface area (Å²) in [5, 5.41) is 9.21. The van der Waals surface area contributed by atoms with Crippen LogP contribution in [-0.2, 0) is 6.54 Å². The minimum Gasteiger partial charge on any atom is -0.395 e. The normalized spacial score (nSPS) is 11.2. The van der Waals surface area contributed by atoms with Crippen molar-refractivity contribution in [3.8, 4) is 0 Å². The Kier molecular flexibility index (Phi) is 6.99. The third-order valence-corrected chi connectivity index (χ3v) is 3.68. The maximum absolute atomic E-state index is 9.21. The van der Waals surface area contributed by atoms with Crippen LogP contribution in [0.3, 0.4) is 0 Å². The molecule has 0 radical (unpaired) electrons. The molecule has 0 unspecified atom stereocenters. The molecule has 0 heterocycles. The van der Waals surface area contributed by atoms with Crippen molar-refractivity contribution in [1.82, 2.24) is 4.90 Å². The van der Waals surface area contributed by atoms with Crippen molar-refractivity contribution >= 4 is 17.2 Å². The van der Waals surface area contributed by atoms with Gasteiger partial charge in [-0.15, -0.1) is 0 Å². The van der Waals surface area contributed by atoms with E-state index in [9.17, 15) is 5.11 Å². The van der Waals surface area contributed by atoms with Crippen LogP contribution in [0.5, 0.6) is 0 Å². The van der Waals surface area contributed by atoms with Crippen LogP contribution in [0.25, 0.3) is 0 Å². The first-order chi connectivity index (χ1) is 9.12. The van der Waals surface area contributed by atoms with E-state index < -0.39 is 0 Å². The molecule has 0 saturated carbocycles. The smallest absolute Gasteiger partial charge is 0.103 e. The third-order valence-electron chi connectivity index (χ3n) is 3.44. The first-order valence-corrected chi connectivity index (χ1v) is 7.26. The number of hydrogen-bond donors (Lipinski definition) is 2. The van der Waals surface area contributed by atoms with Crippen molar-refractivity contribution in [2.45, 2.75) is 39.3 Å². The fourth-order valence-electron chi connectivity index (χ4n) is 2.38. The molecule has 1 rings (SSSR count). The van der Waals surface area contributed by atoms with Gasteiger partial charge in [-0.2, -0.15) is 0 Å². The maximum Gasteiger partial charge on any atom is 0.103 e. The van der Waals surface area contributed by atoms with Gasteiger partial charge in [-0.1, -0.05) is 44.3 Å². The summed E-state index contributed by atoms with van der Waals surface area (Å²) in [6.45, 7) is 6.08. The lowest BCUT2D eigenvalue weighted by Gasteiger charge is -2.30. The van der Waals surface area contributed by atoms with E-state index in [1.807, 2.05) is 18.2 Å². The second kappa shape index (κ2) is 8.25. The molecule has 0 spiro atoms. The number of thiocarbonyl (C=S) groups is 1. The summed E-state index contributed by atoms with van der Waals surface area (Å²) in [6.07, 6.45) is 2.18. The van der Waals surface area contributed by atoms with Gasteiger partial charge in [0.05, 0.1) is 6.61 Å². The fraction of sp³-hybridized carbons (Fsp3) is 0.533. The molecule has 0 aliphatic rings. The lowest BCUT2D eigenvalue weighted by molar-refractivity contribution is 0.136. The molecule has 0 atom stereocenters. The first kappa shape index (κ1) is 16.1. The Morgan fingerprint density at radius 3 is 2.58 bits per heavy atom. The molecule has 0 aliphatic heterocycles. The summed E-state index contributed by atoms with van der Waals surface area (Å²) in [5.41, 5.74) is 7.75. The highest BCUT2D eigenvalue weighted by Gasteiger charge is 2.15. The number of benzene rings is 1. The first-order valence-electron chi connectivity index (χ1n) is 6.86. The highest BCUT2D eigenvalue weighted by Crippen LogP contribution is 2.14. The van der Waals surface area contributed by atoms with Gasteiger partial charge in [-0.3, -0.25) is 4.90 Å². The molecule has 3 N–H and O–H groups in total. The molecule has 0 aromatic heterocycles. The van der Waals surface area contributed by atoms with Gasteiger partial charge in [0.2, 0.25) is 0 Å². The molecule has 0 aliphatic carbocycles. The number of nitrogens with zero attached hydrogens (tertiary/aromatic N) is 1. The molecule has 19 heavy (non-hydrogen) atoms. The van der Waals surface area contributed by atoms with Crippen molar-refractivity contribution in [3.05, 3.63) is 35.4 Å². The van der Waals surface area contributed by atoms with Gasteiger partial charge in [0.15, 0.2) is 0 Å². The molecule has 1 aromatic carbocycles. The Labute approximate surface area is 121 Å². The summed E-state index contributed by atoms with van der Waals surface area (Å²) in [7, 11) is 0. The molecule has 0 amide bonds. The second-order valence-electron chi connectivity index (χ2n) is 4.73. The minimum absolute atomic E-state index is 0.186. The summed E-state index contributed by atoms with van der Waals surface area (Å²) in [4.78, 5) is 2.75. The van der Waals surface area contributed by atoms with Crippen molar-refractivity contribution in [3.63, 3.8) is 0 Å². The molecule has 106 valence electrons. The standard InChI is InChI=1S/C15H24N2OS/c1-3-14(4-2)17(8-9-18)11-12-6-5-7-13(10-12)15(16)19/h5-7,10,14,18H,3-4,8-9,11H2,1-2H3,(H2,16,19). The van der Waals surface area contributed by atoms with Crippen LogP contribution in [0, 0.1) is 0 Å². The quantitative estimate of drug-likeness (QED) is 0.717. The van der Waals surface area contributed by atoms with Crippen molar-refractivity contribution in [1.29, 1.82) is 0 Å². The van der Waals surface area contributed by atoms with Gasteiger partial charge < -0.3 is 10.8 Å². The molecular weight excluding hydrogens is 256 g/mol. The molecule has 3 nitrogen and oxygen atoms in total. The summed E-state index contributed by atoms with van der Waals surface area (Å²) in [5.74, 6) is 0. The van der Waals surface area contributed by atoms with Crippen molar-refractivity contribution < 1.29 is 5.11 Å². The van der Waals surface area contributed by atoms with Gasteiger partial charge in [0.1, 0.15) is 4.99 Å². The summed E-state index contributed by atoms with van der Waals surface area (Å²) < 4.78 is 0. The monoisotopic (exact) mass is 280 g/mol. The predicted molar refractivity (Wildman–Crippen MR) is 84.2 cm³/mol. The predicted octanol–water partition coefficient (Wildman–Crippen LogP) is 2.30. The van der Waals surface area contributed by atoms with Crippen LogP contribution in [0.1, 0.15) is 37.8 Å². The van der Waals surface area contributed by atoms with Gasteiger partial charge >= 0.3 is 0 Å². The van der Waals surface area contributed by atoms with E-state index in [1.54, 1.807) is 0 Å². The molecule has 0 saturated heterocycles. The molecule has 0 bridgehead atoms. The van der Waals surface area contributed by atoms with E-state index in [4.69, 9.17) is 18.0 Å². The van der Waals surface area contributed by atoms with E-state index in [-0.39, 0.29) is 6.61 Å². The highest BCUT2D eigenvalue weighted by atomic mass is 32.1. The molecule has 0 fully saturated rings. The number of nitrogens with two attached hydrogens (primary N) is 1. The van der Waals surface area contributed by atoms with E-state index >= 15 is 0 Å². The van der Waals surface area contributed by atoms with E-state index in [0.29, 0.717) is 17.6 Å². The zero-order valence-corrected chi connectivity index (χ0v) is 12.6. The lowest BCUT2D eigenvalue weighted by atomic mass is 10.1. The van der Waals surface area contributed by atoms with E-state index in [2.05, 4.69) is 24.8 Å². The van der Waals surface area contributed by atoms with Crippen LogP contribution in [0.2, 0.25) is 0 Å². The fourth-order valence-corrected chi connectivity index (χ4v) is 2.51. The Morgan fingerprint density at radius 2 is 2.05 bits per heavy atom. The SMILES string of the molecule is CCC(CC)N(CCO)Cc1cccc(C(N)=S)c1. The molecule has 1 aromatic rings. The van der Waals surface area contributed by atoms with E-state index in [0.717, 1.165) is 24.9 Å². The minimum atomic E-state index is 0.186. The van der Waals surface area contributed by atoms with Crippen molar-refractivity contribution in [2.75, 3.05) is 13.2 Å². The van der Waals surface area contributed by atoms with Gasteiger partial charge in [-0.05, 0) is 24.5 Å². The average Bonchev–Trinajstić information content (AvgIpc) is 2.40. The lowest BCUT2D eigenvalue weighted by Crippen LogP contribution is -2.36. The Morgan fingerprint density at radius 1 is 1.37 bits per heavy atom. The Hall–Kier alpha value is -0.970. The Balaban J connectivity index is 2.83. The second-order valence-corrected chi connectivity index (χ2v) is 5.17. The summed E-state index contributed by atoms with van der Waals surface area (Å²) >= 11 is 5.01. The van der Waals surface area contributed by atoms with Crippen LogP contribution in [0.4, 0.5) is 0 Å². The average molecular weight is 280 g/mol. The topological polar surface area (TPSA) is 49.5 Å². The van der Waals surface area contributed by atoms with Crippen LogP contribution in [0.15, 0.2) is 24.3 Å². The number of rotatable bonds is 8.